The fraction of sp³-hybridized carbons (Fsp3) is 0.538. The highest BCUT2D eigenvalue weighted by Crippen LogP contribution is 2.24. The van der Waals surface area contributed by atoms with Crippen molar-refractivity contribution in [1.29, 1.82) is 0 Å². The van der Waals surface area contributed by atoms with Crippen LogP contribution < -0.4 is 10.9 Å². The van der Waals surface area contributed by atoms with Crippen LogP contribution in [0, 0.1) is 6.92 Å². The van der Waals surface area contributed by atoms with Gasteiger partial charge in [0.2, 0.25) is 5.13 Å². The molecule has 0 spiro atoms. The van der Waals surface area contributed by atoms with Gasteiger partial charge in [-0.3, -0.25) is 4.79 Å². The molecule has 2 rings (SSSR count). The molecule has 0 saturated heterocycles. The first-order valence-corrected chi connectivity index (χ1v) is 7.51. The molecule has 8 heteroatoms. The molecular weight excluding hydrogens is 290 g/mol. The zero-order valence-electron chi connectivity index (χ0n) is 12.6. The van der Waals surface area contributed by atoms with E-state index in [0.717, 1.165) is 5.69 Å². The largest absolute Gasteiger partial charge is 0.383 e. The lowest BCUT2D eigenvalue weighted by molar-refractivity contribution is 0.181. The number of hydrogen-bond acceptors (Lipinski definition) is 7. The molecule has 0 radical (unpaired) electrons. The Kier molecular flexibility index (Phi) is 5.03. The van der Waals surface area contributed by atoms with Gasteiger partial charge in [0, 0.05) is 13.2 Å². The number of aryl methyl sites for hydroxylation is 1. The van der Waals surface area contributed by atoms with Gasteiger partial charge in [0.05, 0.1) is 24.4 Å². The van der Waals surface area contributed by atoms with Crippen LogP contribution in [0.4, 0.5) is 5.13 Å². The Morgan fingerprint density at radius 3 is 2.86 bits per heavy atom. The highest BCUT2D eigenvalue weighted by molar-refractivity contribution is 7.18. The van der Waals surface area contributed by atoms with Crippen LogP contribution in [0.2, 0.25) is 0 Å². The second-order valence-electron chi connectivity index (χ2n) is 4.93. The Morgan fingerprint density at radius 1 is 1.43 bits per heavy atom. The quantitative estimate of drug-likeness (QED) is 0.871. The maximum Gasteiger partial charge on any atom is 0.277 e. The first-order chi connectivity index (χ1) is 10.0. The number of hydrogen-bond donors (Lipinski definition) is 1. The number of aromatic nitrogens is 4. The third kappa shape index (κ3) is 3.85. The van der Waals surface area contributed by atoms with E-state index in [9.17, 15) is 4.79 Å². The van der Waals surface area contributed by atoms with Gasteiger partial charge in [-0.15, -0.1) is 10.2 Å². The zero-order chi connectivity index (χ0) is 15.4. The SMILES string of the molecule is COCCn1nc(C)cc(-c2nnc(NC(C)C)s2)c1=O. The first kappa shape index (κ1) is 15.6. The van der Waals surface area contributed by atoms with E-state index in [1.165, 1.54) is 16.0 Å². The summed E-state index contributed by atoms with van der Waals surface area (Å²) in [5.41, 5.74) is 1.10. The summed E-state index contributed by atoms with van der Waals surface area (Å²) in [6.07, 6.45) is 0. The normalized spacial score (nSPS) is 11.1. The second kappa shape index (κ2) is 6.77. The molecule has 7 nitrogen and oxygen atoms in total. The van der Waals surface area contributed by atoms with Gasteiger partial charge in [-0.2, -0.15) is 5.10 Å². The van der Waals surface area contributed by atoms with Gasteiger partial charge in [-0.1, -0.05) is 11.3 Å². The molecule has 0 fully saturated rings. The van der Waals surface area contributed by atoms with Crippen molar-refractivity contribution in [2.75, 3.05) is 19.0 Å². The number of nitrogens with one attached hydrogen (secondary N) is 1. The van der Waals surface area contributed by atoms with E-state index in [4.69, 9.17) is 4.74 Å². The molecule has 0 aromatic carbocycles. The van der Waals surface area contributed by atoms with Gasteiger partial charge < -0.3 is 10.1 Å². The Morgan fingerprint density at radius 2 is 2.19 bits per heavy atom. The number of ether oxygens (including phenoxy) is 1. The summed E-state index contributed by atoms with van der Waals surface area (Å²) in [6, 6.07) is 2.01. The van der Waals surface area contributed by atoms with Crippen LogP contribution in [-0.2, 0) is 11.3 Å². The van der Waals surface area contributed by atoms with E-state index >= 15 is 0 Å². The smallest absolute Gasteiger partial charge is 0.277 e. The molecule has 21 heavy (non-hydrogen) atoms. The van der Waals surface area contributed by atoms with Crippen LogP contribution >= 0.6 is 11.3 Å². The van der Waals surface area contributed by atoms with Crippen LogP contribution in [0.3, 0.4) is 0 Å². The van der Waals surface area contributed by atoms with Crippen LogP contribution in [0.15, 0.2) is 10.9 Å². The average Bonchev–Trinajstić information content (AvgIpc) is 2.86. The molecule has 2 aromatic rings. The minimum Gasteiger partial charge on any atom is -0.383 e. The first-order valence-electron chi connectivity index (χ1n) is 6.69. The van der Waals surface area contributed by atoms with E-state index in [-0.39, 0.29) is 11.6 Å². The van der Waals surface area contributed by atoms with Gasteiger partial charge in [-0.25, -0.2) is 4.68 Å². The summed E-state index contributed by atoms with van der Waals surface area (Å²) in [5.74, 6) is 0. The predicted octanol–water partition coefficient (Wildman–Crippen LogP) is 1.54. The number of rotatable bonds is 6. The average molecular weight is 309 g/mol. The predicted molar refractivity (Wildman–Crippen MR) is 82.8 cm³/mol. The summed E-state index contributed by atoms with van der Waals surface area (Å²) in [4.78, 5) is 12.4. The fourth-order valence-corrected chi connectivity index (χ4v) is 2.69. The lowest BCUT2D eigenvalue weighted by Crippen LogP contribution is -2.26. The molecular formula is C13H19N5O2S. The number of nitrogens with zero attached hydrogens (tertiary/aromatic N) is 4. The van der Waals surface area contributed by atoms with Gasteiger partial charge in [-0.05, 0) is 26.8 Å². The van der Waals surface area contributed by atoms with Crippen molar-refractivity contribution in [3.63, 3.8) is 0 Å². The fourth-order valence-electron chi connectivity index (χ4n) is 1.79. The van der Waals surface area contributed by atoms with Crippen LogP contribution in [0.5, 0.6) is 0 Å². The molecule has 0 saturated carbocycles. The van der Waals surface area contributed by atoms with E-state index in [1.807, 2.05) is 20.8 Å². The van der Waals surface area contributed by atoms with Crippen molar-refractivity contribution in [3.8, 4) is 10.6 Å². The van der Waals surface area contributed by atoms with Crippen molar-refractivity contribution in [3.05, 3.63) is 22.1 Å². The summed E-state index contributed by atoms with van der Waals surface area (Å²) in [6.45, 7) is 6.75. The lowest BCUT2D eigenvalue weighted by atomic mass is 10.3. The molecule has 114 valence electrons. The van der Waals surface area contributed by atoms with Crippen molar-refractivity contribution in [2.24, 2.45) is 0 Å². The molecule has 0 bridgehead atoms. The number of methoxy groups -OCH3 is 1. The third-order valence-electron chi connectivity index (χ3n) is 2.67. The highest BCUT2D eigenvalue weighted by Gasteiger charge is 2.14. The maximum absolute atomic E-state index is 12.4. The number of anilines is 1. The van der Waals surface area contributed by atoms with Crippen LogP contribution in [0.25, 0.3) is 10.6 Å². The van der Waals surface area contributed by atoms with Gasteiger partial charge in [0.15, 0.2) is 5.01 Å². The van der Waals surface area contributed by atoms with E-state index < -0.39 is 0 Å². The highest BCUT2D eigenvalue weighted by atomic mass is 32.1. The molecule has 2 heterocycles. The molecule has 0 aliphatic rings. The molecule has 0 atom stereocenters. The van der Waals surface area contributed by atoms with Crippen LogP contribution in [0.1, 0.15) is 19.5 Å². The minimum atomic E-state index is -0.176. The van der Waals surface area contributed by atoms with Crippen molar-refractivity contribution < 1.29 is 4.74 Å². The topological polar surface area (TPSA) is 81.9 Å². The molecule has 2 aromatic heterocycles. The van der Waals surface area contributed by atoms with Crippen LogP contribution in [-0.4, -0.2) is 39.7 Å². The Bertz CT molecular complexity index is 665. The van der Waals surface area contributed by atoms with Gasteiger partial charge in [0.1, 0.15) is 0 Å². The molecule has 0 unspecified atom stereocenters. The molecule has 1 N–H and O–H groups in total. The van der Waals surface area contributed by atoms with Crippen molar-refractivity contribution >= 4 is 16.5 Å². The summed E-state index contributed by atoms with van der Waals surface area (Å²) in [5, 5.41) is 16.9. The van der Waals surface area contributed by atoms with E-state index in [2.05, 4.69) is 20.6 Å². The Balaban J connectivity index is 2.36. The minimum absolute atomic E-state index is 0.176. The van der Waals surface area contributed by atoms with Crippen molar-refractivity contribution in [2.45, 2.75) is 33.4 Å². The molecule has 0 amide bonds. The molecule has 0 aliphatic heterocycles. The Hall–Kier alpha value is -1.80. The van der Waals surface area contributed by atoms with Gasteiger partial charge in [0.25, 0.3) is 5.56 Å². The van der Waals surface area contributed by atoms with Gasteiger partial charge >= 0.3 is 0 Å². The van der Waals surface area contributed by atoms with E-state index in [0.29, 0.717) is 28.9 Å². The second-order valence-corrected chi connectivity index (χ2v) is 5.91. The van der Waals surface area contributed by atoms with E-state index in [1.54, 1.807) is 13.2 Å². The summed E-state index contributed by atoms with van der Waals surface area (Å²) >= 11 is 1.36. The zero-order valence-corrected chi connectivity index (χ0v) is 13.4. The monoisotopic (exact) mass is 309 g/mol. The van der Waals surface area contributed by atoms with Crippen molar-refractivity contribution in [1.82, 2.24) is 20.0 Å². The Labute approximate surface area is 127 Å². The lowest BCUT2D eigenvalue weighted by Gasteiger charge is -2.06. The summed E-state index contributed by atoms with van der Waals surface area (Å²) < 4.78 is 6.41. The standard InChI is InChI=1S/C13H19N5O2S/c1-8(2)14-13-16-15-11(21-13)10-7-9(3)17-18(12(10)19)5-6-20-4/h7-8H,5-6H2,1-4H3,(H,14,16). The summed E-state index contributed by atoms with van der Waals surface area (Å²) in [7, 11) is 1.59. The molecule has 0 aliphatic carbocycles. The third-order valence-corrected chi connectivity index (χ3v) is 3.56. The maximum atomic E-state index is 12.4.